The van der Waals surface area contributed by atoms with Gasteiger partial charge in [-0.1, -0.05) is 48.5 Å². The molecule has 1 heterocycles. The molecule has 0 spiro atoms. The molecule has 3 aromatic rings. The first-order valence-corrected chi connectivity index (χ1v) is 7.31. The minimum absolute atomic E-state index is 0.128. The summed E-state index contributed by atoms with van der Waals surface area (Å²) in [6.07, 6.45) is 3.01. The van der Waals surface area contributed by atoms with E-state index in [4.69, 9.17) is 0 Å². The van der Waals surface area contributed by atoms with Gasteiger partial charge in [-0.25, -0.2) is 4.68 Å². The number of benzene rings is 2. The number of nitrogens with one attached hydrogen (secondary N) is 1. The van der Waals surface area contributed by atoms with Crippen LogP contribution in [0.25, 0.3) is 11.8 Å². The standard InChI is InChI=1S/C19H16N2O2/c1-14-17(12-13-18(22)15-8-4-2-5-9-15)19(23)21(20-14)16-10-6-3-7-11-16/h2-13,20H,1H3/b13-12+. The number of aryl methyl sites for hydroxylation is 1. The summed E-state index contributed by atoms with van der Waals surface area (Å²) in [6, 6.07) is 18.3. The highest BCUT2D eigenvalue weighted by atomic mass is 16.1. The van der Waals surface area contributed by atoms with Crippen molar-refractivity contribution in [2.75, 3.05) is 0 Å². The monoisotopic (exact) mass is 304 g/mol. The van der Waals surface area contributed by atoms with Crippen molar-refractivity contribution in [3.05, 3.63) is 93.9 Å². The molecule has 23 heavy (non-hydrogen) atoms. The molecule has 0 amide bonds. The largest absolute Gasteiger partial charge is 0.295 e. The average molecular weight is 304 g/mol. The van der Waals surface area contributed by atoms with Crippen LogP contribution >= 0.6 is 0 Å². The average Bonchev–Trinajstić information content (AvgIpc) is 2.88. The minimum Gasteiger partial charge on any atom is -0.295 e. The molecular formula is C19H16N2O2. The van der Waals surface area contributed by atoms with Gasteiger partial charge in [-0.3, -0.25) is 14.7 Å². The van der Waals surface area contributed by atoms with Crippen LogP contribution in [0, 0.1) is 6.92 Å². The highest BCUT2D eigenvalue weighted by Gasteiger charge is 2.10. The van der Waals surface area contributed by atoms with Gasteiger partial charge >= 0.3 is 0 Å². The van der Waals surface area contributed by atoms with Gasteiger partial charge in [-0.05, 0) is 31.2 Å². The third-order valence-corrected chi connectivity index (χ3v) is 3.59. The molecule has 0 aliphatic rings. The molecule has 0 atom stereocenters. The number of carbonyl (C=O) groups excluding carboxylic acids is 1. The molecule has 4 nitrogen and oxygen atoms in total. The molecule has 2 aromatic carbocycles. The lowest BCUT2D eigenvalue weighted by molar-refractivity contribution is 0.104. The fraction of sp³-hybridized carbons (Fsp3) is 0.0526. The van der Waals surface area contributed by atoms with E-state index in [-0.39, 0.29) is 11.3 Å². The van der Waals surface area contributed by atoms with Crippen LogP contribution in [0.1, 0.15) is 21.6 Å². The zero-order valence-corrected chi connectivity index (χ0v) is 12.7. The molecule has 0 radical (unpaired) electrons. The van der Waals surface area contributed by atoms with Gasteiger partial charge in [-0.2, -0.15) is 0 Å². The molecule has 0 unspecified atom stereocenters. The van der Waals surface area contributed by atoms with Crippen molar-refractivity contribution in [2.24, 2.45) is 0 Å². The van der Waals surface area contributed by atoms with Crippen LogP contribution in [0.3, 0.4) is 0 Å². The van der Waals surface area contributed by atoms with Crippen LogP contribution in [0.15, 0.2) is 71.5 Å². The van der Waals surface area contributed by atoms with Crippen molar-refractivity contribution >= 4 is 11.9 Å². The van der Waals surface area contributed by atoms with E-state index in [2.05, 4.69) is 5.10 Å². The normalized spacial score (nSPS) is 11.0. The Bertz CT molecular complexity index is 904. The SMILES string of the molecule is Cc1[nH]n(-c2ccccc2)c(=O)c1/C=C/C(=O)c1ccccc1. The third-order valence-electron chi connectivity index (χ3n) is 3.59. The van der Waals surface area contributed by atoms with E-state index >= 15 is 0 Å². The fourth-order valence-electron chi connectivity index (χ4n) is 2.37. The number of ketones is 1. The number of H-pyrrole nitrogens is 1. The third kappa shape index (κ3) is 3.06. The van der Waals surface area contributed by atoms with Crippen molar-refractivity contribution < 1.29 is 4.79 Å². The van der Waals surface area contributed by atoms with E-state index in [9.17, 15) is 9.59 Å². The first-order valence-electron chi connectivity index (χ1n) is 7.31. The Morgan fingerprint density at radius 2 is 1.61 bits per heavy atom. The first kappa shape index (κ1) is 14.8. The number of para-hydroxylation sites is 1. The molecular weight excluding hydrogens is 288 g/mol. The Hall–Kier alpha value is -3.14. The number of nitrogens with zero attached hydrogens (tertiary/aromatic N) is 1. The molecule has 0 saturated heterocycles. The number of rotatable bonds is 4. The van der Waals surface area contributed by atoms with Crippen LogP contribution in [0.2, 0.25) is 0 Å². The Morgan fingerprint density at radius 1 is 1.00 bits per heavy atom. The van der Waals surface area contributed by atoms with E-state index < -0.39 is 0 Å². The first-order chi connectivity index (χ1) is 11.2. The van der Waals surface area contributed by atoms with Crippen LogP contribution in [-0.2, 0) is 0 Å². The molecule has 0 fully saturated rings. The summed E-state index contributed by atoms with van der Waals surface area (Å²) in [7, 11) is 0. The zero-order chi connectivity index (χ0) is 16.2. The van der Waals surface area contributed by atoms with E-state index in [0.29, 0.717) is 11.1 Å². The molecule has 114 valence electrons. The quantitative estimate of drug-likeness (QED) is 0.593. The highest BCUT2D eigenvalue weighted by molar-refractivity contribution is 6.06. The summed E-state index contributed by atoms with van der Waals surface area (Å²) in [5.41, 5.74) is 2.38. The number of hydrogen-bond donors (Lipinski definition) is 1. The lowest BCUT2D eigenvalue weighted by Crippen LogP contribution is -2.15. The number of aromatic amines is 1. The maximum atomic E-state index is 12.5. The summed E-state index contributed by atoms with van der Waals surface area (Å²) in [5, 5.41) is 3.03. The zero-order valence-electron chi connectivity index (χ0n) is 12.7. The Kier molecular flexibility index (Phi) is 4.06. The van der Waals surface area contributed by atoms with Crippen molar-refractivity contribution in [3.63, 3.8) is 0 Å². The maximum Gasteiger partial charge on any atom is 0.278 e. The van der Waals surface area contributed by atoms with E-state index in [1.807, 2.05) is 55.5 Å². The second-order valence-corrected chi connectivity index (χ2v) is 5.19. The number of carbonyl (C=O) groups is 1. The highest BCUT2D eigenvalue weighted by Crippen LogP contribution is 2.09. The molecule has 1 N–H and O–H groups in total. The van der Waals surface area contributed by atoms with Crippen molar-refractivity contribution in [2.45, 2.75) is 6.92 Å². The van der Waals surface area contributed by atoms with Gasteiger partial charge in [0.05, 0.1) is 11.3 Å². The Morgan fingerprint density at radius 3 is 2.26 bits per heavy atom. The fourth-order valence-corrected chi connectivity index (χ4v) is 2.37. The van der Waals surface area contributed by atoms with Crippen LogP contribution in [0.4, 0.5) is 0 Å². The van der Waals surface area contributed by atoms with Gasteiger partial charge in [0.2, 0.25) is 0 Å². The predicted molar refractivity (Wildman–Crippen MR) is 90.9 cm³/mol. The van der Waals surface area contributed by atoms with Gasteiger partial charge < -0.3 is 0 Å². The van der Waals surface area contributed by atoms with Crippen LogP contribution in [0.5, 0.6) is 0 Å². The summed E-state index contributed by atoms with van der Waals surface area (Å²) < 4.78 is 1.47. The lowest BCUT2D eigenvalue weighted by Gasteiger charge is -1.99. The van der Waals surface area contributed by atoms with Crippen molar-refractivity contribution in [1.82, 2.24) is 9.78 Å². The van der Waals surface area contributed by atoms with E-state index in [1.165, 1.54) is 10.8 Å². The smallest absolute Gasteiger partial charge is 0.278 e. The molecule has 0 bridgehead atoms. The second-order valence-electron chi connectivity index (χ2n) is 5.19. The van der Waals surface area contributed by atoms with Gasteiger partial charge in [-0.15, -0.1) is 0 Å². The summed E-state index contributed by atoms with van der Waals surface area (Å²) in [6.45, 7) is 1.81. The van der Waals surface area contributed by atoms with Gasteiger partial charge in [0.25, 0.3) is 5.56 Å². The van der Waals surface area contributed by atoms with Crippen LogP contribution in [-0.4, -0.2) is 15.6 Å². The molecule has 0 aliphatic heterocycles. The molecule has 4 heteroatoms. The second kappa shape index (κ2) is 6.32. The topological polar surface area (TPSA) is 54.9 Å². The summed E-state index contributed by atoms with van der Waals surface area (Å²) in [5.74, 6) is -0.128. The van der Waals surface area contributed by atoms with Gasteiger partial charge in [0.1, 0.15) is 0 Å². The summed E-state index contributed by atoms with van der Waals surface area (Å²) >= 11 is 0. The Labute approximate surface area is 133 Å². The maximum absolute atomic E-state index is 12.5. The number of hydrogen-bond acceptors (Lipinski definition) is 2. The summed E-state index contributed by atoms with van der Waals surface area (Å²) in [4.78, 5) is 24.6. The van der Waals surface area contributed by atoms with E-state index in [0.717, 1.165) is 11.4 Å². The van der Waals surface area contributed by atoms with Crippen LogP contribution < -0.4 is 5.56 Å². The molecule has 0 aliphatic carbocycles. The van der Waals surface area contributed by atoms with Crippen molar-refractivity contribution in [1.29, 1.82) is 0 Å². The number of aromatic nitrogens is 2. The lowest BCUT2D eigenvalue weighted by atomic mass is 10.1. The minimum atomic E-state index is -0.175. The van der Waals surface area contributed by atoms with E-state index in [1.54, 1.807) is 18.2 Å². The molecule has 0 saturated carbocycles. The Balaban J connectivity index is 1.93. The molecule has 1 aromatic heterocycles. The van der Waals surface area contributed by atoms with Gasteiger partial charge in [0.15, 0.2) is 5.78 Å². The van der Waals surface area contributed by atoms with Gasteiger partial charge in [0, 0.05) is 11.3 Å². The predicted octanol–water partition coefficient (Wildman–Crippen LogP) is 3.37. The molecule has 3 rings (SSSR count). The number of allylic oxidation sites excluding steroid dienone is 1. The van der Waals surface area contributed by atoms with Crippen molar-refractivity contribution in [3.8, 4) is 5.69 Å².